The number of carbonyl (C=O) groups excluding carboxylic acids is 1. The third-order valence-electron chi connectivity index (χ3n) is 4.83. The van der Waals surface area contributed by atoms with E-state index in [4.69, 9.17) is 23.2 Å². The number of halogens is 2. The van der Waals surface area contributed by atoms with Gasteiger partial charge in [0.25, 0.3) is 5.91 Å². The Balaban J connectivity index is 1.76. The summed E-state index contributed by atoms with van der Waals surface area (Å²) in [4.78, 5) is 13.8. The third-order valence-corrected chi connectivity index (χ3v) is 5.70. The molecule has 1 atom stereocenters. The molecule has 1 amide bonds. The second-order valence-electron chi connectivity index (χ2n) is 6.37. The minimum Gasteiger partial charge on any atom is -0.311 e. The molecule has 1 aliphatic rings. The number of hydrogen-bond acceptors (Lipinski definition) is 1. The number of alkyl halides is 1. The van der Waals surface area contributed by atoms with Gasteiger partial charge in [0.05, 0.1) is 0 Å². The van der Waals surface area contributed by atoms with Gasteiger partial charge in [-0.1, -0.05) is 83.9 Å². The molecule has 0 saturated carbocycles. The summed E-state index contributed by atoms with van der Waals surface area (Å²) in [5.41, 5.74) is 3.49. The Morgan fingerprint density at radius 2 is 1.50 bits per heavy atom. The normalized spacial score (nSPS) is 18.8. The average molecular weight is 382 g/mol. The quantitative estimate of drug-likeness (QED) is 0.432. The number of amides is 1. The molecular formula is C22H17Cl2NO. The van der Waals surface area contributed by atoms with E-state index in [0.717, 1.165) is 17.5 Å². The van der Waals surface area contributed by atoms with Gasteiger partial charge in [-0.05, 0) is 35.7 Å². The lowest BCUT2D eigenvalue weighted by molar-refractivity contribution is 0.0720. The molecule has 0 aliphatic carbocycles. The van der Waals surface area contributed by atoms with Gasteiger partial charge >= 0.3 is 0 Å². The highest BCUT2D eigenvalue weighted by atomic mass is 35.5. The number of nitrogens with zero attached hydrogens (tertiary/aromatic N) is 1. The van der Waals surface area contributed by atoms with Crippen LogP contribution in [-0.2, 0) is 11.4 Å². The molecule has 130 valence electrons. The van der Waals surface area contributed by atoms with E-state index in [2.05, 4.69) is 12.1 Å². The van der Waals surface area contributed by atoms with Crippen molar-refractivity contribution in [3.63, 3.8) is 0 Å². The van der Waals surface area contributed by atoms with E-state index in [9.17, 15) is 4.79 Å². The van der Waals surface area contributed by atoms with Crippen molar-refractivity contribution in [2.24, 2.45) is 0 Å². The SMILES string of the molecule is O=C1c2ccccc2C(Cl)(c2ccc(Cl)cc2)N1CCc1ccccc1. The van der Waals surface area contributed by atoms with Gasteiger partial charge in [0.2, 0.25) is 0 Å². The Hall–Kier alpha value is -2.29. The van der Waals surface area contributed by atoms with E-state index in [1.54, 1.807) is 4.90 Å². The summed E-state index contributed by atoms with van der Waals surface area (Å²) >= 11 is 13.2. The maximum atomic E-state index is 13.1. The number of hydrogen-bond donors (Lipinski definition) is 0. The molecule has 3 aromatic carbocycles. The first kappa shape index (κ1) is 17.1. The van der Waals surface area contributed by atoms with Gasteiger partial charge in [-0.15, -0.1) is 0 Å². The zero-order valence-electron chi connectivity index (χ0n) is 14.0. The Labute approximate surface area is 163 Å². The van der Waals surface area contributed by atoms with Crippen molar-refractivity contribution in [2.75, 3.05) is 6.54 Å². The second-order valence-corrected chi connectivity index (χ2v) is 7.35. The molecule has 4 rings (SSSR count). The maximum absolute atomic E-state index is 13.1. The lowest BCUT2D eigenvalue weighted by atomic mass is 9.97. The molecule has 0 radical (unpaired) electrons. The average Bonchev–Trinajstić information content (AvgIpc) is 2.90. The molecule has 0 aromatic heterocycles. The molecule has 1 unspecified atom stereocenters. The molecule has 0 bridgehead atoms. The highest BCUT2D eigenvalue weighted by Crippen LogP contribution is 2.47. The van der Waals surface area contributed by atoms with E-state index in [1.807, 2.05) is 66.7 Å². The van der Waals surface area contributed by atoms with Crippen LogP contribution in [0, 0.1) is 0 Å². The second kappa shape index (κ2) is 6.79. The summed E-state index contributed by atoms with van der Waals surface area (Å²) in [5, 5.41) is 0.641. The van der Waals surface area contributed by atoms with Crippen LogP contribution in [0.2, 0.25) is 5.02 Å². The van der Waals surface area contributed by atoms with E-state index in [-0.39, 0.29) is 5.91 Å². The summed E-state index contributed by atoms with van der Waals surface area (Å²) in [6.45, 7) is 0.531. The molecule has 1 aliphatic heterocycles. The van der Waals surface area contributed by atoms with Crippen LogP contribution in [0.25, 0.3) is 0 Å². The third kappa shape index (κ3) is 2.80. The number of benzene rings is 3. The molecule has 1 heterocycles. The maximum Gasteiger partial charge on any atom is 0.256 e. The van der Waals surface area contributed by atoms with Crippen LogP contribution in [0.4, 0.5) is 0 Å². The fourth-order valence-electron chi connectivity index (χ4n) is 3.51. The van der Waals surface area contributed by atoms with E-state index >= 15 is 0 Å². The summed E-state index contributed by atoms with van der Waals surface area (Å²) in [5.74, 6) is -0.0403. The van der Waals surface area contributed by atoms with Gasteiger partial charge < -0.3 is 4.90 Å². The number of fused-ring (bicyclic) bond motifs is 1. The van der Waals surface area contributed by atoms with E-state index < -0.39 is 5.00 Å². The van der Waals surface area contributed by atoms with Crippen LogP contribution in [0.15, 0.2) is 78.9 Å². The van der Waals surface area contributed by atoms with Gasteiger partial charge in [-0.3, -0.25) is 4.79 Å². The Morgan fingerprint density at radius 3 is 2.23 bits per heavy atom. The van der Waals surface area contributed by atoms with Crippen LogP contribution in [0.1, 0.15) is 27.0 Å². The first-order valence-corrected chi connectivity index (χ1v) is 9.26. The van der Waals surface area contributed by atoms with Crippen molar-refractivity contribution >= 4 is 29.1 Å². The first-order chi connectivity index (χ1) is 12.6. The predicted octanol–water partition coefficient (Wildman–Crippen LogP) is 5.48. The van der Waals surface area contributed by atoms with Crippen LogP contribution in [-0.4, -0.2) is 17.4 Å². The van der Waals surface area contributed by atoms with Gasteiger partial charge in [0.1, 0.15) is 0 Å². The Morgan fingerprint density at radius 1 is 0.846 bits per heavy atom. The van der Waals surface area contributed by atoms with Crippen molar-refractivity contribution in [1.29, 1.82) is 0 Å². The summed E-state index contributed by atoms with van der Waals surface area (Å²) in [7, 11) is 0. The largest absolute Gasteiger partial charge is 0.311 e. The molecular weight excluding hydrogens is 365 g/mol. The Bertz CT molecular complexity index is 940. The smallest absolute Gasteiger partial charge is 0.256 e. The molecule has 26 heavy (non-hydrogen) atoms. The van der Waals surface area contributed by atoms with Crippen molar-refractivity contribution < 1.29 is 4.79 Å². The van der Waals surface area contributed by atoms with Crippen LogP contribution < -0.4 is 0 Å². The first-order valence-electron chi connectivity index (χ1n) is 8.51. The molecule has 3 aromatic rings. The van der Waals surface area contributed by atoms with Gasteiger partial charge in [0.15, 0.2) is 5.00 Å². The molecule has 0 spiro atoms. The highest BCUT2D eigenvalue weighted by molar-refractivity contribution is 6.31. The van der Waals surface area contributed by atoms with Gasteiger partial charge in [-0.2, -0.15) is 0 Å². The highest BCUT2D eigenvalue weighted by Gasteiger charge is 2.49. The number of carbonyl (C=O) groups is 1. The number of rotatable bonds is 4. The zero-order valence-corrected chi connectivity index (χ0v) is 15.5. The summed E-state index contributed by atoms with van der Waals surface area (Å²) in [6.07, 6.45) is 0.739. The van der Waals surface area contributed by atoms with Gasteiger partial charge in [-0.25, -0.2) is 0 Å². The van der Waals surface area contributed by atoms with Crippen LogP contribution in [0.3, 0.4) is 0 Å². The van der Waals surface area contributed by atoms with E-state index in [1.165, 1.54) is 5.56 Å². The zero-order chi connectivity index (χ0) is 18.1. The monoisotopic (exact) mass is 381 g/mol. The fourth-order valence-corrected chi connectivity index (χ4v) is 4.09. The van der Waals surface area contributed by atoms with E-state index in [0.29, 0.717) is 17.1 Å². The topological polar surface area (TPSA) is 20.3 Å². The minimum absolute atomic E-state index is 0.0403. The fraction of sp³-hybridized carbons (Fsp3) is 0.136. The van der Waals surface area contributed by atoms with Gasteiger partial charge in [0, 0.05) is 22.7 Å². The van der Waals surface area contributed by atoms with Crippen molar-refractivity contribution in [3.05, 3.63) is 106 Å². The van der Waals surface area contributed by atoms with Crippen molar-refractivity contribution in [3.8, 4) is 0 Å². The summed E-state index contributed by atoms with van der Waals surface area (Å²) in [6, 6.07) is 25.1. The lowest BCUT2D eigenvalue weighted by Crippen LogP contribution is -2.41. The molecule has 0 fully saturated rings. The minimum atomic E-state index is -1.02. The molecule has 4 heteroatoms. The molecule has 0 N–H and O–H groups in total. The Kier molecular flexibility index (Phi) is 4.47. The van der Waals surface area contributed by atoms with Crippen LogP contribution >= 0.6 is 23.2 Å². The standard InChI is InChI=1S/C22H17Cl2NO/c23-18-12-10-17(11-13-18)22(24)20-9-5-4-8-19(20)21(26)25(22)15-14-16-6-2-1-3-7-16/h1-13H,14-15H2. The van der Waals surface area contributed by atoms with Crippen LogP contribution in [0.5, 0.6) is 0 Å². The predicted molar refractivity (Wildman–Crippen MR) is 106 cm³/mol. The molecule has 2 nitrogen and oxygen atoms in total. The van der Waals surface area contributed by atoms with Crippen molar-refractivity contribution in [2.45, 2.75) is 11.4 Å². The summed E-state index contributed by atoms with van der Waals surface area (Å²) < 4.78 is 0. The van der Waals surface area contributed by atoms with Crippen molar-refractivity contribution in [1.82, 2.24) is 4.90 Å². The lowest BCUT2D eigenvalue weighted by Gasteiger charge is -2.34. The molecule has 0 saturated heterocycles.